The van der Waals surface area contributed by atoms with Gasteiger partial charge in [-0.25, -0.2) is 0 Å². The number of amides is 1. The molecular formula is C28H31NO4. The van der Waals surface area contributed by atoms with Gasteiger partial charge in [0.15, 0.2) is 11.5 Å². The maximum atomic E-state index is 13.1. The summed E-state index contributed by atoms with van der Waals surface area (Å²) in [5, 5.41) is 0. The van der Waals surface area contributed by atoms with E-state index in [1.165, 1.54) is 5.56 Å². The van der Waals surface area contributed by atoms with Crippen LogP contribution < -0.4 is 9.47 Å². The van der Waals surface area contributed by atoms with Crippen LogP contribution in [0.15, 0.2) is 78.9 Å². The Morgan fingerprint density at radius 3 is 2.21 bits per heavy atom. The molecule has 1 heterocycles. The van der Waals surface area contributed by atoms with Gasteiger partial charge in [-0.15, -0.1) is 0 Å². The van der Waals surface area contributed by atoms with Crippen molar-refractivity contribution in [1.82, 2.24) is 4.90 Å². The Labute approximate surface area is 195 Å². The molecule has 1 fully saturated rings. The zero-order chi connectivity index (χ0) is 22.9. The fourth-order valence-corrected chi connectivity index (χ4v) is 4.05. The van der Waals surface area contributed by atoms with E-state index in [0.717, 1.165) is 24.8 Å². The number of carbonyl (C=O) groups is 1. The van der Waals surface area contributed by atoms with E-state index in [2.05, 4.69) is 24.3 Å². The van der Waals surface area contributed by atoms with E-state index in [-0.39, 0.29) is 12.0 Å². The molecule has 1 aliphatic heterocycles. The number of hydrogen-bond acceptors (Lipinski definition) is 4. The van der Waals surface area contributed by atoms with Crippen LogP contribution >= 0.6 is 0 Å². The molecule has 5 nitrogen and oxygen atoms in total. The van der Waals surface area contributed by atoms with E-state index in [4.69, 9.17) is 14.2 Å². The van der Waals surface area contributed by atoms with E-state index in [0.29, 0.717) is 43.4 Å². The van der Waals surface area contributed by atoms with Crippen molar-refractivity contribution >= 4 is 5.91 Å². The molecule has 0 saturated carbocycles. The second-order valence-corrected chi connectivity index (χ2v) is 8.24. The molecular weight excluding hydrogens is 414 g/mol. The molecule has 0 N–H and O–H groups in total. The largest absolute Gasteiger partial charge is 0.493 e. The molecule has 1 amide bonds. The molecule has 0 aliphatic carbocycles. The number of rotatable bonds is 9. The highest BCUT2D eigenvalue weighted by molar-refractivity contribution is 5.95. The minimum atomic E-state index is 0.0191. The van der Waals surface area contributed by atoms with E-state index in [1.807, 2.05) is 53.4 Å². The standard InChI is InChI=1S/C28H31NO4/c1-31-27-20-24(12-13-26(27)33-21-23-10-6-3-7-11-23)28(30)29-17-14-25(15-18-29)32-19-16-22-8-4-2-5-9-22/h2-13,20,25H,14-19,21H2,1H3. The fourth-order valence-electron chi connectivity index (χ4n) is 4.05. The lowest BCUT2D eigenvalue weighted by Crippen LogP contribution is -2.41. The Bertz CT molecular complexity index is 1010. The van der Waals surface area contributed by atoms with Gasteiger partial charge in [-0.3, -0.25) is 4.79 Å². The molecule has 4 rings (SSSR count). The van der Waals surface area contributed by atoms with E-state index in [9.17, 15) is 4.79 Å². The Morgan fingerprint density at radius 2 is 1.55 bits per heavy atom. The molecule has 3 aromatic carbocycles. The predicted molar refractivity (Wildman–Crippen MR) is 129 cm³/mol. The lowest BCUT2D eigenvalue weighted by atomic mass is 10.1. The summed E-state index contributed by atoms with van der Waals surface area (Å²) < 4.78 is 17.5. The third-order valence-electron chi connectivity index (χ3n) is 5.96. The number of piperidine rings is 1. The van der Waals surface area contributed by atoms with Gasteiger partial charge >= 0.3 is 0 Å². The van der Waals surface area contributed by atoms with Crippen LogP contribution in [-0.2, 0) is 17.8 Å². The van der Waals surface area contributed by atoms with Crippen LogP contribution in [0.2, 0.25) is 0 Å². The normalized spacial score (nSPS) is 14.2. The second kappa shape index (κ2) is 11.5. The van der Waals surface area contributed by atoms with E-state index >= 15 is 0 Å². The average molecular weight is 446 g/mol. The van der Waals surface area contributed by atoms with Crippen LogP contribution in [0.3, 0.4) is 0 Å². The van der Waals surface area contributed by atoms with Gasteiger partial charge in [-0.2, -0.15) is 0 Å². The Morgan fingerprint density at radius 1 is 0.879 bits per heavy atom. The zero-order valence-corrected chi connectivity index (χ0v) is 19.1. The Kier molecular flexibility index (Phi) is 7.99. The van der Waals surface area contributed by atoms with Crippen molar-refractivity contribution in [1.29, 1.82) is 0 Å². The van der Waals surface area contributed by atoms with Crippen LogP contribution in [0.5, 0.6) is 11.5 Å². The monoisotopic (exact) mass is 445 g/mol. The van der Waals surface area contributed by atoms with Crippen molar-refractivity contribution in [3.8, 4) is 11.5 Å². The molecule has 3 aromatic rings. The maximum absolute atomic E-state index is 13.1. The van der Waals surface area contributed by atoms with Gasteiger partial charge in [-0.05, 0) is 48.6 Å². The van der Waals surface area contributed by atoms with Crippen LogP contribution in [0.25, 0.3) is 0 Å². The summed E-state index contributed by atoms with van der Waals surface area (Å²) in [6.45, 7) is 2.55. The summed E-state index contributed by atoms with van der Waals surface area (Å²) >= 11 is 0. The molecule has 33 heavy (non-hydrogen) atoms. The van der Waals surface area contributed by atoms with E-state index in [1.54, 1.807) is 13.2 Å². The predicted octanol–water partition coefficient (Wildman–Crippen LogP) is 5.14. The maximum Gasteiger partial charge on any atom is 0.253 e. The summed E-state index contributed by atoms with van der Waals surface area (Å²) in [6.07, 6.45) is 2.84. The highest BCUT2D eigenvalue weighted by Gasteiger charge is 2.24. The van der Waals surface area contributed by atoms with Crippen molar-refractivity contribution in [2.24, 2.45) is 0 Å². The van der Waals surface area contributed by atoms with Gasteiger partial charge in [0.2, 0.25) is 0 Å². The third kappa shape index (κ3) is 6.36. The summed E-state index contributed by atoms with van der Waals surface area (Å²) in [4.78, 5) is 15.0. The molecule has 0 aromatic heterocycles. The third-order valence-corrected chi connectivity index (χ3v) is 5.96. The van der Waals surface area contributed by atoms with Crippen LogP contribution in [0.4, 0.5) is 0 Å². The summed E-state index contributed by atoms with van der Waals surface area (Å²) in [7, 11) is 1.59. The van der Waals surface area contributed by atoms with Crippen molar-refractivity contribution < 1.29 is 19.0 Å². The van der Waals surface area contributed by atoms with Gasteiger partial charge in [0.25, 0.3) is 5.91 Å². The van der Waals surface area contributed by atoms with Gasteiger partial charge in [0.05, 0.1) is 19.8 Å². The molecule has 0 unspecified atom stereocenters. The van der Waals surface area contributed by atoms with Crippen LogP contribution in [0.1, 0.15) is 34.3 Å². The highest BCUT2D eigenvalue weighted by Crippen LogP contribution is 2.30. The number of methoxy groups -OCH3 is 1. The first-order valence-corrected chi connectivity index (χ1v) is 11.5. The summed E-state index contributed by atoms with van der Waals surface area (Å²) in [6, 6.07) is 25.7. The first-order chi connectivity index (χ1) is 16.2. The molecule has 5 heteroatoms. The SMILES string of the molecule is COc1cc(C(=O)N2CCC(OCCc3ccccc3)CC2)ccc1OCc1ccccc1. The minimum Gasteiger partial charge on any atom is -0.493 e. The number of likely N-dealkylation sites (tertiary alicyclic amines) is 1. The number of benzene rings is 3. The number of ether oxygens (including phenoxy) is 3. The van der Waals surface area contributed by atoms with Gasteiger partial charge in [-0.1, -0.05) is 60.7 Å². The lowest BCUT2D eigenvalue weighted by Gasteiger charge is -2.32. The van der Waals surface area contributed by atoms with Crippen LogP contribution in [-0.4, -0.2) is 43.7 Å². The summed E-state index contributed by atoms with van der Waals surface area (Å²) in [5.74, 6) is 1.21. The molecule has 1 saturated heterocycles. The zero-order valence-electron chi connectivity index (χ0n) is 19.1. The summed E-state index contributed by atoms with van der Waals surface area (Å²) in [5.41, 5.74) is 2.98. The lowest BCUT2D eigenvalue weighted by molar-refractivity contribution is 0.0100. The average Bonchev–Trinajstić information content (AvgIpc) is 2.88. The Hall–Kier alpha value is -3.31. The molecule has 0 atom stereocenters. The smallest absolute Gasteiger partial charge is 0.253 e. The van der Waals surface area contributed by atoms with Crippen molar-refractivity contribution in [2.45, 2.75) is 32.0 Å². The second-order valence-electron chi connectivity index (χ2n) is 8.24. The number of hydrogen-bond donors (Lipinski definition) is 0. The fraction of sp³-hybridized carbons (Fsp3) is 0.321. The van der Waals surface area contributed by atoms with Crippen LogP contribution in [0, 0.1) is 0 Å². The molecule has 0 bridgehead atoms. The quantitative estimate of drug-likeness (QED) is 0.458. The van der Waals surface area contributed by atoms with Gasteiger partial charge in [0.1, 0.15) is 6.61 Å². The first-order valence-electron chi connectivity index (χ1n) is 11.5. The van der Waals surface area contributed by atoms with Crippen molar-refractivity contribution in [3.05, 3.63) is 95.6 Å². The molecule has 1 aliphatic rings. The van der Waals surface area contributed by atoms with Gasteiger partial charge < -0.3 is 19.1 Å². The first kappa shape index (κ1) is 22.9. The number of nitrogens with zero attached hydrogens (tertiary/aromatic N) is 1. The Balaban J connectivity index is 1.27. The molecule has 0 radical (unpaired) electrons. The number of carbonyl (C=O) groups excluding carboxylic acids is 1. The van der Waals surface area contributed by atoms with Crippen molar-refractivity contribution in [2.75, 3.05) is 26.8 Å². The molecule has 0 spiro atoms. The van der Waals surface area contributed by atoms with E-state index < -0.39 is 0 Å². The topological polar surface area (TPSA) is 48.0 Å². The van der Waals surface area contributed by atoms with Crippen molar-refractivity contribution in [3.63, 3.8) is 0 Å². The minimum absolute atomic E-state index is 0.0191. The van der Waals surface area contributed by atoms with Gasteiger partial charge in [0, 0.05) is 18.7 Å². The molecule has 172 valence electrons. The highest BCUT2D eigenvalue weighted by atomic mass is 16.5.